The fourth-order valence-electron chi connectivity index (χ4n) is 3.19. The molecule has 3 nitrogen and oxygen atoms in total. The van der Waals surface area contributed by atoms with E-state index in [9.17, 15) is 9.18 Å². The molecule has 0 bridgehead atoms. The molecular weight excluding hydrogens is 279 g/mol. The molecule has 0 aromatic heterocycles. The lowest BCUT2D eigenvalue weighted by atomic mass is 9.95. The van der Waals surface area contributed by atoms with E-state index in [0.29, 0.717) is 6.04 Å². The second-order valence-corrected chi connectivity index (χ2v) is 6.87. The number of hydrogen-bond donors (Lipinski definition) is 0. The van der Waals surface area contributed by atoms with Crippen LogP contribution in [0.3, 0.4) is 0 Å². The summed E-state index contributed by atoms with van der Waals surface area (Å²) in [7, 11) is 1.73. The summed E-state index contributed by atoms with van der Waals surface area (Å²) in [5.74, 6) is -0.416. The van der Waals surface area contributed by atoms with Crippen LogP contribution >= 0.6 is 0 Å². The zero-order chi connectivity index (χ0) is 16.3. The van der Waals surface area contributed by atoms with Gasteiger partial charge in [-0.1, -0.05) is 30.3 Å². The van der Waals surface area contributed by atoms with E-state index in [1.54, 1.807) is 11.9 Å². The molecule has 0 radical (unpaired) electrons. The quantitative estimate of drug-likeness (QED) is 0.852. The number of carbonyl (C=O) groups is 1. The van der Waals surface area contributed by atoms with Crippen LogP contribution in [0.5, 0.6) is 0 Å². The van der Waals surface area contributed by atoms with E-state index in [4.69, 9.17) is 0 Å². The Labute approximate surface area is 133 Å². The highest BCUT2D eigenvalue weighted by Gasteiger charge is 2.36. The minimum Gasteiger partial charge on any atom is -0.340 e. The summed E-state index contributed by atoms with van der Waals surface area (Å²) in [6.07, 6.45) is 1.79. The first-order valence-electron chi connectivity index (χ1n) is 8.03. The predicted molar refractivity (Wildman–Crippen MR) is 87.3 cm³/mol. The predicted octanol–water partition coefficient (Wildman–Crippen LogP) is 3.25. The molecule has 1 saturated heterocycles. The normalized spacial score (nSPS) is 23.3. The fourth-order valence-corrected chi connectivity index (χ4v) is 3.19. The number of piperidine rings is 1. The van der Waals surface area contributed by atoms with Crippen LogP contribution < -0.4 is 0 Å². The molecule has 122 valence electrons. The molecule has 0 N–H and O–H groups in total. The molecular formula is C18H27FN2O. The average molecular weight is 306 g/mol. The van der Waals surface area contributed by atoms with Crippen LogP contribution in [0.4, 0.5) is 4.39 Å². The van der Waals surface area contributed by atoms with Crippen molar-refractivity contribution >= 4 is 5.91 Å². The number of carbonyl (C=O) groups excluding carboxylic acids is 1. The highest BCUT2D eigenvalue weighted by Crippen LogP contribution is 2.25. The van der Waals surface area contributed by atoms with Crippen molar-refractivity contribution < 1.29 is 9.18 Å². The molecule has 0 spiro atoms. The summed E-state index contributed by atoms with van der Waals surface area (Å²) in [6, 6.07) is 10.9. The molecule has 22 heavy (non-hydrogen) atoms. The maximum Gasteiger partial charge on any atom is 0.259 e. The van der Waals surface area contributed by atoms with Crippen molar-refractivity contribution in [1.82, 2.24) is 9.80 Å². The Bertz CT molecular complexity index is 498. The van der Waals surface area contributed by atoms with Crippen LogP contribution in [-0.4, -0.2) is 47.1 Å². The number of nitrogens with zero attached hydrogens (tertiary/aromatic N) is 2. The fraction of sp³-hybridized carbons (Fsp3) is 0.611. The number of alkyl halides is 1. The van der Waals surface area contributed by atoms with Gasteiger partial charge in [0.05, 0.1) is 0 Å². The zero-order valence-electron chi connectivity index (χ0n) is 14.1. The van der Waals surface area contributed by atoms with Crippen molar-refractivity contribution in [3.63, 3.8) is 0 Å². The number of rotatable bonds is 4. The molecule has 1 aromatic carbocycles. The summed E-state index contributed by atoms with van der Waals surface area (Å²) in [6.45, 7) is 6.72. The van der Waals surface area contributed by atoms with E-state index in [0.717, 1.165) is 25.9 Å². The van der Waals surface area contributed by atoms with Crippen LogP contribution in [0.15, 0.2) is 30.3 Å². The van der Waals surface area contributed by atoms with Crippen LogP contribution in [0, 0.1) is 0 Å². The van der Waals surface area contributed by atoms with Crippen molar-refractivity contribution in [3.05, 3.63) is 35.9 Å². The van der Waals surface area contributed by atoms with Crippen molar-refractivity contribution in [3.8, 4) is 0 Å². The second kappa shape index (κ2) is 6.78. The van der Waals surface area contributed by atoms with Crippen LogP contribution in [0.2, 0.25) is 0 Å². The van der Waals surface area contributed by atoms with E-state index in [1.807, 2.05) is 6.07 Å². The molecule has 1 amide bonds. The highest BCUT2D eigenvalue weighted by molar-refractivity contribution is 5.84. The number of amides is 1. The highest BCUT2D eigenvalue weighted by atomic mass is 19.1. The van der Waals surface area contributed by atoms with E-state index >= 15 is 0 Å². The monoisotopic (exact) mass is 306 g/mol. The van der Waals surface area contributed by atoms with Gasteiger partial charge in [-0.3, -0.25) is 9.69 Å². The molecule has 0 saturated carbocycles. The number of likely N-dealkylation sites (tertiary alicyclic amines) is 1. The Morgan fingerprint density at radius 2 is 2.00 bits per heavy atom. The first-order chi connectivity index (χ1) is 10.3. The van der Waals surface area contributed by atoms with Crippen molar-refractivity contribution in [1.29, 1.82) is 0 Å². The number of benzene rings is 1. The summed E-state index contributed by atoms with van der Waals surface area (Å²) < 4.78 is 13.8. The molecule has 1 aromatic rings. The van der Waals surface area contributed by atoms with Gasteiger partial charge in [-0.15, -0.1) is 0 Å². The summed E-state index contributed by atoms with van der Waals surface area (Å²) in [5.41, 5.74) is -0.485. The van der Waals surface area contributed by atoms with Gasteiger partial charge in [-0.2, -0.15) is 0 Å². The first kappa shape index (κ1) is 16.9. The Kier molecular flexibility index (Phi) is 5.22. The number of halogens is 1. The topological polar surface area (TPSA) is 23.6 Å². The lowest BCUT2D eigenvalue weighted by molar-refractivity contribution is -0.144. The second-order valence-electron chi connectivity index (χ2n) is 6.87. The lowest BCUT2D eigenvalue weighted by Crippen LogP contribution is -2.52. The molecule has 1 fully saturated rings. The van der Waals surface area contributed by atoms with Gasteiger partial charge in [0.15, 0.2) is 5.67 Å². The summed E-state index contributed by atoms with van der Waals surface area (Å²) >= 11 is 0. The van der Waals surface area contributed by atoms with Gasteiger partial charge >= 0.3 is 0 Å². The summed E-state index contributed by atoms with van der Waals surface area (Å²) in [5, 5.41) is 0. The van der Waals surface area contributed by atoms with Crippen molar-refractivity contribution in [2.75, 3.05) is 13.6 Å². The minimum absolute atomic E-state index is 0.129. The van der Waals surface area contributed by atoms with Crippen molar-refractivity contribution in [2.24, 2.45) is 0 Å². The van der Waals surface area contributed by atoms with Gasteiger partial charge in [0.2, 0.25) is 0 Å². The van der Waals surface area contributed by atoms with E-state index in [-0.39, 0.29) is 6.04 Å². The average Bonchev–Trinajstić information content (AvgIpc) is 2.48. The Hall–Kier alpha value is -1.42. The van der Waals surface area contributed by atoms with Crippen LogP contribution in [0.25, 0.3) is 0 Å². The smallest absolute Gasteiger partial charge is 0.259 e. The third-order valence-electron chi connectivity index (χ3n) is 4.59. The molecule has 1 heterocycles. The van der Waals surface area contributed by atoms with Gasteiger partial charge in [0.1, 0.15) is 0 Å². The molecule has 1 aliphatic heterocycles. The van der Waals surface area contributed by atoms with Crippen LogP contribution in [-0.2, 0) is 11.3 Å². The third-order valence-corrected chi connectivity index (χ3v) is 4.59. The van der Waals surface area contributed by atoms with Crippen LogP contribution in [0.1, 0.15) is 39.2 Å². The van der Waals surface area contributed by atoms with Gasteiger partial charge in [-0.25, -0.2) is 4.39 Å². The summed E-state index contributed by atoms with van der Waals surface area (Å²) in [4.78, 5) is 16.1. The third kappa shape index (κ3) is 4.07. The van der Waals surface area contributed by atoms with Gasteiger partial charge in [0, 0.05) is 32.2 Å². The molecule has 4 heteroatoms. The molecule has 1 aliphatic rings. The maximum atomic E-state index is 13.8. The lowest BCUT2D eigenvalue weighted by Gasteiger charge is -2.42. The molecule has 0 unspecified atom stereocenters. The Morgan fingerprint density at radius 1 is 1.36 bits per heavy atom. The molecule has 2 atom stereocenters. The zero-order valence-corrected chi connectivity index (χ0v) is 14.1. The SMILES string of the molecule is C[C@@H]1C[C@H](N(C)C(=O)C(C)(C)F)CCN1Cc1ccccc1. The first-order valence-corrected chi connectivity index (χ1v) is 8.03. The standard InChI is InChI=1S/C18H27FN2O/c1-14-12-16(20(4)17(22)18(2,3)19)10-11-21(14)13-15-8-6-5-7-9-15/h5-9,14,16H,10-13H2,1-4H3/t14-,16-/m1/s1. The maximum absolute atomic E-state index is 13.8. The van der Waals surface area contributed by atoms with E-state index in [1.165, 1.54) is 19.4 Å². The number of hydrogen-bond acceptors (Lipinski definition) is 2. The Balaban J connectivity index is 1.94. The molecule has 0 aliphatic carbocycles. The van der Waals surface area contributed by atoms with E-state index < -0.39 is 11.6 Å². The van der Waals surface area contributed by atoms with Crippen molar-refractivity contribution in [2.45, 2.75) is 57.9 Å². The Morgan fingerprint density at radius 3 is 2.55 bits per heavy atom. The van der Waals surface area contributed by atoms with Gasteiger partial charge in [0.25, 0.3) is 5.91 Å². The van der Waals surface area contributed by atoms with Gasteiger partial charge < -0.3 is 4.90 Å². The largest absolute Gasteiger partial charge is 0.340 e. The van der Waals surface area contributed by atoms with Gasteiger partial charge in [-0.05, 0) is 39.2 Å². The minimum atomic E-state index is -1.79. The van der Waals surface area contributed by atoms with E-state index in [2.05, 4.69) is 36.1 Å². The molecule has 2 rings (SSSR count).